The molecule has 0 bridgehead atoms. The maximum absolute atomic E-state index is 13.8. The molecular formula is C14H9F10N2O6P. The second-order valence-electron chi connectivity index (χ2n) is 6.39. The molecule has 0 aliphatic heterocycles. The molecule has 1 heterocycles. The van der Waals surface area contributed by atoms with E-state index in [1.54, 1.807) is 4.98 Å². The summed E-state index contributed by atoms with van der Waals surface area (Å²) in [5.74, 6) is -15.1. The molecule has 33 heavy (non-hydrogen) atoms. The summed E-state index contributed by atoms with van der Waals surface area (Å²) in [6.45, 7) is -3.34. The normalized spacial score (nSPS) is 14.1. The van der Waals surface area contributed by atoms with Crippen molar-refractivity contribution in [1.29, 1.82) is 0 Å². The standard InChI is InChI=1S/C14H9F10N2O6P/c15-3-11(16,17)13(21,22)14(23,24)32-8-2-7-6(1-5(8)12(18,19)20)25-9(27)10(28)26(7)4-33(29,30)31/h1-2H,3-4H2,(H,25,27)(H2,29,30,31). The highest BCUT2D eigenvalue weighted by Gasteiger charge is 2.74. The molecule has 2 aromatic rings. The molecule has 0 amide bonds. The smallest absolute Gasteiger partial charge is 0.427 e. The van der Waals surface area contributed by atoms with Gasteiger partial charge in [0.25, 0.3) is 0 Å². The van der Waals surface area contributed by atoms with Gasteiger partial charge in [0.2, 0.25) is 0 Å². The van der Waals surface area contributed by atoms with Gasteiger partial charge in [-0.05, 0) is 6.07 Å². The largest absolute Gasteiger partial charge is 0.471 e. The Balaban J connectivity index is 2.87. The monoisotopic (exact) mass is 522 g/mol. The van der Waals surface area contributed by atoms with Gasteiger partial charge in [0.15, 0.2) is 6.67 Å². The number of hydrogen-bond acceptors (Lipinski definition) is 4. The molecule has 0 spiro atoms. The quantitative estimate of drug-likeness (QED) is 0.292. The van der Waals surface area contributed by atoms with Gasteiger partial charge in [0.1, 0.15) is 12.0 Å². The summed E-state index contributed by atoms with van der Waals surface area (Å²) in [7, 11) is -5.25. The van der Waals surface area contributed by atoms with E-state index in [1.165, 1.54) is 0 Å². The summed E-state index contributed by atoms with van der Waals surface area (Å²) in [6.07, 6.45) is -13.9. The zero-order chi connectivity index (χ0) is 25.8. The summed E-state index contributed by atoms with van der Waals surface area (Å²) in [5.41, 5.74) is -8.04. The lowest BCUT2D eigenvalue weighted by Gasteiger charge is -2.31. The van der Waals surface area contributed by atoms with Gasteiger partial charge in [-0.15, -0.1) is 0 Å². The predicted molar refractivity (Wildman–Crippen MR) is 87.3 cm³/mol. The summed E-state index contributed by atoms with van der Waals surface area (Å²) in [4.78, 5) is 43.0. The number of rotatable bonds is 7. The molecule has 8 nitrogen and oxygen atoms in total. The first-order valence-corrected chi connectivity index (χ1v) is 9.75. The molecule has 0 fully saturated rings. The molecule has 0 radical (unpaired) electrons. The number of hydrogen-bond donors (Lipinski definition) is 3. The van der Waals surface area contributed by atoms with Crippen LogP contribution in [0.2, 0.25) is 0 Å². The molecule has 0 unspecified atom stereocenters. The van der Waals surface area contributed by atoms with Crippen LogP contribution in [0.4, 0.5) is 43.9 Å². The number of ether oxygens (including phenoxy) is 1. The molecule has 0 saturated carbocycles. The number of H-pyrrole nitrogens is 1. The second-order valence-corrected chi connectivity index (χ2v) is 8.00. The van der Waals surface area contributed by atoms with Gasteiger partial charge in [-0.3, -0.25) is 18.7 Å². The maximum Gasteiger partial charge on any atom is 0.471 e. The van der Waals surface area contributed by atoms with Gasteiger partial charge in [0.05, 0.1) is 16.6 Å². The number of nitrogens with zero attached hydrogens (tertiary/aromatic N) is 1. The van der Waals surface area contributed by atoms with Gasteiger partial charge in [-0.25, -0.2) is 4.39 Å². The first-order valence-electron chi connectivity index (χ1n) is 7.96. The molecule has 0 saturated heterocycles. The first-order chi connectivity index (χ1) is 14.6. The number of alkyl halides is 10. The van der Waals surface area contributed by atoms with Crippen molar-refractivity contribution >= 4 is 18.6 Å². The molecule has 19 heteroatoms. The van der Waals surface area contributed by atoms with E-state index < -0.39 is 78.2 Å². The molecule has 0 atom stereocenters. The van der Waals surface area contributed by atoms with E-state index in [9.17, 15) is 58.1 Å². The maximum atomic E-state index is 13.8. The number of halogens is 10. The van der Waals surface area contributed by atoms with Crippen molar-refractivity contribution < 1.29 is 63.0 Å². The third kappa shape index (κ3) is 5.01. The van der Waals surface area contributed by atoms with E-state index in [1.807, 2.05) is 0 Å². The van der Waals surface area contributed by atoms with E-state index >= 15 is 0 Å². The van der Waals surface area contributed by atoms with Gasteiger partial charge in [0, 0.05) is 6.07 Å². The van der Waals surface area contributed by atoms with Crippen LogP contribution in [0.25, 0.3) is 11.0 Å². The van der Waals surface area contributed by atoms with Crippen LogP contribution in [-0.2, 0) is 17.0 Å². The average Bonchev–Trinajstić information content (AvgIpc) is 2.63. The van der Waals surface area contributed by atoms with E-state index in [2.05, 4.69) is 4.74 Å². The Morgan fingerprint density at radius 2 is 1.55 bits per heavy atom. The fourth-order valence-corrected chi connectivity index (χ4v) is 3.08. The molecule has 1 aromatic heterocycles. The highest BCUT2D eigenvalue weighted by Crippen LogP contribution is 2.49. The lowest BCUT2D eigenvalue weighted by atomic mass is 10.1. The van der Waals surface area contributed by atoms with E-state index in [0.29, 0.717) is 0 Å². The van der Waals surface area contributed by atoms with Crippen molar-refractivity contribution in [1.82, 2.24) is 9.55 Å². The van der Waals surface area contributed by atoms with Crippen LogP contribution in [0.5, 0.6) is 5.75 Å². The van der Waals surface area contributed by atoms with Crippen molar-refractivity contribution in [3.63, 3.8) is 0 Å². The zero-order valence-electron chi connectivity index (χ0n) is 15.3. The van der Waals surface area contributed by atoms with Crippen molar-refractivity contribution in [2.24, 2.45) is 0 Å². The van der Waals surface area contributed by atoms with Crippen molar-refractivity contribution in [2.75, 3.05) is 6.67 Å². The molecule has 3 N–H and O–H groups in total. The fourth-order valence-electron chi connectivity index (χ4n) is 2.43. The first kappa shape index (κ1) is 26.7. The molecule has 0 aliphatic rings. The molecule has 186 valence electrons. The Labute approximate surface area is 173 Å². The predicted octanol–water partition coefficient (Wildman–Crippen LogP) is 3.06. The third-order valence-electron chi connectivity index (χ3n) is 3.94. The van der Waals surface area contributed by atoms with Crippen LogP contribution in [0.15, 0.2) is 21.7 Å². The van der Waals surface area contributed by atoms with Crippen molar-refractivity contribution in [3.8, 4) is 5.75 Å². The number of fused-ring (bicyclic) bond motifs is 1. The van der Waals surface area contributed by atoms with Crippen LogP contribution in [0.3, 0.4) is 0 Å². The summed E-state index contributed by atoms with van der Waals surface area (Å²) >= 11 is 0. The minimum absolute atomic E-state index is 0.172. The molecule has 2 rings (SSSR count). The van der Waals surface area contributed by atoms with Crippen LogP contribution in [0, 0.1) is 0 Å². The zero-order valence-corrected chi connectivity index (χ0v) is 16.2. The van der Waals surface area contributed by atoms with Crippen LogP contribution < -0.4 is 15.9 Å². The Hall–Kier alpha value is -2.59. The fraction of sp³-hybridized carbons (Fsp3) is 0.429. The van der Waals surface area contributed by atoms with Crippen LogP contribution >= 0.6 is 7.60 Å². The second kappa shape index (κ2) is 8.02. The van der Waals surface area contributed by atoms with Crippen LogP contribution in [0.1, 0.15) is 5.56 Å². The lowest BCUT2D eigenvalue weighted by molar-refractivity contribution is -0.373. The molecule has 1 aromatic carbocycles. The summed E-state index contributed by atoms with van der Waals surface area (Å²) in [5, 5.41) is 0. The minimum atomic E-state index is -6.68. The summed E-state index contributed by atoms with van der Waals surface area (Å²) < 4.78 is 147. The SMILES string of the molecule is O=c1[nH]c2cc(C(F)(F)F)c(OC(F)(F)C(F)(F)C(F)(F)CF)cc2n(CP(=O)(O)O)c1=O. The van der Waals surface area contributed by atoms with Crippen molar-refractivity contribution in [2.45, 2.75) is 30.4 Å². The lowest BCUT2D eigenvalue weighted by Crippen LogP contribution is -2.58. The summed E-state index contributed by atoms with van der Waals surface area (Å²) in [6, 6.07) is -0.494. The van der Waals surface area contributed by atoms with E-state index in [-0.39, 0.29) is 16.7 Å². The van der Waals surface area contributed by atoms with Gasteiger partial charge in [-0.2, -0.15) is 39.5 Å². The Morgan fingerprint density at radius 1 is 1.00 bits per heavy atom. The number of aromatic amines is 1. The minimum Gasteiger partial charge on any atom is -0.427 e. The number of aromatic nitrogens is 2. The Morgan fingerprint density at radius 3 is 2.00 bits per heavy atom. The molecular weight excluding hydrogens is 513 g/mol. The topological polar surface area (TPSA) is 122 Å². The van der Waals surface area contributed by atoms with Gasteiger partial charge >= 0.3 is 42.8 Å². The Kier molecular flexibility index (Phi) is 6.48. The highest BCUT2D eigenvalue weighted by molar-refractivity contribution is 7.50. The average molecular weight is 522 g/mol. The van der Waals surface area contributed by atoms with Crippen LogP contribution in [-0.4, -0.2) is 44.0 Å². The third-order valence-corrected chi connectivity index (χ3v) is 4.59. The van der Waals surface area contributed by atoms with Gasteiger partial charge in [-0.1, -0.05) is 0 Å². The van der Waals surface area contributed by atoms with Crippen molar-refractivity contribution in [3.05, 3.63) is 38.4 Å². The van der Waals surface area contributed by atoms with Gasteiger partial charge < -0.3 is 19.5 Å². The highest BCUT2D eigenvalue weighted by atomic mass is 31.2. The number of nitrogens with one attached hydrogen (secondary N) is 1. The molecule has 0 aliphatic carbocycles. The van der Waals surface area contributed by atoms with E-state index in [0.717, 1.165) is 0 Å². The van der Waals surface area contributed by atoms with E-state index in [4.69, 9.17) is 9.79 Å². The number of benzene rings is 1. The Bertz CT molecular complexity index is 1230.